The molecular weight excluding hydrogens is 226 g/mol. The lowest BCUT2D eigenvalue weighted by Crippen LogP contribution is -2.47. The molecular formula is C14H17N3O. The molecule has 0 aliphatic carbocycles. The van der Waals surface area contributed by atoms with Gasteiger partial charge >= 0.3 is 0 Å². The van der Waals surface area contributed by atoms with Crippen molar-refractivity contribution in [1.29, 1.82) is 0 Å². The molecule has 1 aromatic carbocycles. The highest BCUT2D eigenvalue weighted by Crippen LogP contribution is 2.18. The Kier molecular flexibility index (Phi) is 3.13. The van der Waals surface area contributed by atoms with Gasteiger partial charge in [0.05, 0.1) is 11.9 Å². The zero-order valence-corrected chi connectivity index (χ0v) is 10.2. The van der Waals surface area contributed by atoms with E-state index in [1.54, 1.807) is 0 Å². The predicted octanol–water partition coefficient (Wildman–Crippen LogP) is 1.30. The molecule has 94 valence electrons. The van der Waals surface area contributed by atoms with Gasteiger partial charge in [-0.2, -0.15) is 5.10 Å². The summed E-state index contributed by atoms with van der Waals surface area (Å²) >= 11 is 0. The number of aromatic nitrogens is 2. The molecule has 0 amide bonds. The van der Waals surface area contributed by atoms with E-state index >= 15 is 0 Å². The highest BCUT2D eigenvalue weighted by Gasteiger charge is 2.25. The largest absolute Gasteiger partial charge is 0.396 e. The first kappa shape index (κ1) is 11.4. The maximum atomic E-state index is 8.98. The van der Waals surface area contributed by atoms with Crippen LogP contribution in [0.25, 0.3) is 5.69 Å². The third kappa shape index (κ3) is 2.30. The Balaban J connectivity index is 1.64. The summed E-state index contributed by atoms with van der Waals surface area (Å²) in [4.78, 5) is 2.33. The minimum absolute atomic E-state index is 0.305. The van der Waals surface area contributed by atoms with Crippen molar-refractivity contribution in [2.45, 2.75) is 6.54 Å². The van der Waals surface area contributed by atoms with Crippen molar-refractivity contribution in [2.75, 3.05) is 19.7 Å². The van der Waals surface area contributed by atoms with Crippen LogP contribution in [0.5, 0.6) is 0 Å². The van der Waals surface area contributed by atoms with E-state index in [9.17, 15) is 0 Å². The summed E-state index contributed by atoms with van der Waals surface area (Å²) in [6, 6.07) is 10.1. The lowest BCUT2D eigenvalue weighted by molar-refractivity contribution is 0.0479. The molecule has 3 rings (SSSR count). The van der Waals surface area contributed by atoms with Crippen LogP contribution in [0.15, 0.2) is 42.7 Å². The molecule has 18 heavy (non-hydrogen) atoms. The van der Waals surface area contributed by atoms with Gasteiger partial charge in [-0.1, -0.05) is 18.2 Å². The maximum absolute atomic E-state index is 8.98. The van der Waals surface area contributed by atoms with Crippen LogP contribution < -0.4 is 0 Å². The van der Waals surface area contributed by atoms with Gasteiger partial charge in [0.15, 0.2) is 0 Å². The first-order valence-corrected chi connectivity index (χ1v) is 6.27. The highest BCUT2D eigenvalue weighted by atomic mass is 16.3. The Bertz CT molecular complexity index is 503. The first-order chi connectivity index (χ1) is 8.85. The number of benzene rings is 1. The summed E-state index contributed by atoms with van der Waals surface area (Å²) in [6.45, 7) is 3.21. The van der Waals surface area contributed by atoms with E-state index in [1.807, 2.05) is 41.2 Å². The number of aliphatic hydroxyl groups is 1. The second kappa shape index (κ2) is 4.92. The van der Waals surface area contributed by atoms with Crippen LogP contribution in [0.4, 0.5) is 0 Å². The van der Waals surface area contributed by atoms with Crippen LogP contribution in [0.2, 0.25) is 0 Å². The van der Waals surface area contributed by atoms with E-state index in [1.165, 1.54) is 5.56 Å². The van der Waals surface area contributed by atoms with Crippen molar-refractivity contribution in [3.05, 3.63) is 48.3 Å². The Hall–Kier alpha value is -1.65. The second-order valence-electron chi connectivity index (χ2n) is 4.87. The fourth-order valence-corrected chi connectivity index (χ4v) is 2.34. The number of nitrogens with zero attached hydrogens (tertiary/aromatic N) is 3. The zero-order valence-electron chi connectivity index (χ0n) is 10.2. The molecule has 0 saturated carbocycles. The van der Waals surface area contributed by atoms with Crippen molar-refractivity contribution in [1.82, 2.24) is 14.7 Å². The molecule has 0 atom stereocenters. The van der Waals surface area contributed by atoms with E-state index in [4.69, 9.17) is 5.11 Å². The number of para-hydroxylation sites is 1. The van der Waals surface area contributed by atoms with Crippen molar-refractivity contribution in [3.63, 3.8) is 0 Å². The SMILES string of the molecule is OCC1CN(Cc2cnn(-c3ccccc3)c2)C1. The van der Waals surface area contributed by atoms with E-state index < -0.39 is 0 Å². The molecule has 1 aromatic heterocycles. The fourth-order valence-electron chi connectivity index (χ4n) is 2.34. The van der Waals surface area contributed by atoms with Crippen molar-refractivity contribution >= 4 is 0 Å². The van der Waals surface area contributed by atoms with Crippen LogP contribution in [0.1, 0.15) is 5.56 Å². The van der Waals surface area contributed by atoms with Gasteiger partial charge in [-0.15, -0.1) is 0 Å². The number of hydrogen-bond donors (Lipinski definition) is 1. The normalized spacial score (nSPS) is 16.7. The van der Waals surface area contributed by atoms with Gasteiger partial charge in [0, 0.05) is 43.9 Å². The molecule has 4 heteroatoms. The monoisotopic (exact) mass is 243 g/mol. The molecule has 1 N–H and O–H groups in total. The van der Waals surface area contributed by atoms with Crippen LogP contribution in [0.3, 0.4) is 0 Å². The summed E-state index contributed by atoms with van der Waals surface area (Å²) in [5, 5.41) is 13.4. The van der Waals surface area contributed by atoms with Gasteiger partial charge in [-0.3, -0.25) is 4.90 Å². The number of aliphatic hydroxyl groups excluding tert-OH is 1. The van der Waals surface area contributed by atoms with Gasteiger partial charge in [0.2, 0.25) is 0 Å². The third-order valence-corrected chi connectivity index (χ3v) is 3.35. The van der Waals surface area contributed by atoms with Gasteiger partial charge < -0.3 is 5.11 Å². The quantitative estimate of drug-likeness (QED) is 0.880. The molecule has 2 aromatic rings. The molecule has 0 radical (unpaired) electrons. The summed E-state index contributed by atoms with van der Waals surface area (Å²) in [5.41, 5.74) is 2.30. The molecule has 0 bridgehead atoms. The topological polar surface area (TPSA) is 41.3 Å². The van der Waals surface area contributed by atoms with Crippen LogP contribution in [-0.4, -0.2) is 39.5 Å². The molecule has 1 aliphatic heterocycles. The minimum atomic E-state index is 0.305. The third-order valence-electron chi connectivity index (χ3n) is 3.35. The smallest absolute Gasteiger partial charge is 0.0645 e. The standard InChI is InChI=1S/C14H17N3O/c18-11-13-8-16(9-13)7-12-6-15-17(10-12)14-4-2-1-3-5-14/h1-6,10,13,18H,7-9,11H2. The van der Waals surface area contributed by atoms with E-state index in [-0.39, 0.29) is 0 Å². The second-order valence-corrected chi connectivity index (χ2v) is 4.87. The van der Waals surface area contributed by atoms with Gasteiger partial charge in [-0.25, -0.2) is 4.68 Å². The lowest BCUT2D eigenvalue weighted by atomic mass is 10.0. The average Bonchev–Trinajstić information content (AvgIpc) is 2.83. The molecule has 0 spiro atoms. The van der Waals surface area contributed by atoms with Crippen LogP contribution in [-0.2, 0) is 6.54 Å². The molecule has 4 nitrogen and oxygen atoms in total. The molecule has 1 saturated heterocycles. The summed E-state index contributed by atoms with van der Waals surface area (Å²) < 4.78 is 1.90. The molecule has 1 aliphatic rings. The van der Waals surface area contributed by atoms with Gasteiger partial charge in [0.1, 0.15) is 0 Å². The average molecular weight is 243 g/mol. The van der Waals surface area contributed by atoms with E-state index in [0.717, 1.165) is 25.3 Å². The predicted molar refractivity (Wildman–Crippen MR) is 69.4 cm³/mol. The Morgan fingerprint density at radius 2 is 2.00 bits per heavy atom. The zero-order chi connectivity index (χ0) is 12.4. The maximum Gasteiger partial charge on any atom is 0.0645 e. The summed E-state index contributed by atoms with van der Waals surface area (Å²) in [6.07, 6.45) is 3.99. The Morgan fingerprint density at radius 1 is 1.22 bits per heavy atom. The number of rotatable bonds is 4. The summed E-state index contributed by atoms with van der Waals surface area (Å²) in [5.74, 6) is 0.467. The molecule has 1 fully saturated rings. The molecule has 0 unspecified atom stereocenters. The van der Waals surface area contributed by atoms with Gasteiger partial charge in [-0.05, 0) is 12.1 Å². The fraction of sp³-hybridized carbons (Fsp3) is 0.357. The van der Waals surface area contributed by atoms with Crippen molar-refractivity contribution in [2.24, 2.45) is 5.92 Å². The molecule has 2 heterocycles. The Morgan fingerprint density at radius 3 is 2.72 bits per heavy atom. The number of likely N-dealkylation sites (tertiary alicyclic amines) is 1. The van der Waals surface area contributed by atoms with Crippen LogP contribution in [0, 0.1) is 5.92 Å². The van der Waals surface area contributed by atoms with Gasteiger partial charge in [0.25, 0.3) is 0 Å². The lowest BCUT2D eigenvalue weighted by Gasteiger charge is -2.37. The number of hydrogen-bond acceptors (Lipinski definition) is 3. The first-order valence-electron chi connectivity index (χ1n) is 6.27. The minimum Gasteiger partial charge on any atom is -0.396 e. The van der Waals surface area contributed by atoms with Crippen molar-refractivity contribution < 1.29 is 5.11 Å². The Labute approximate surface area is 106 Å². The summed E-state index contributed by atoms with van der Waals surface area (Å²) in [7, 11) is 0. The highest BCUT2D eigenvalue weighted by molar-refractivity contribution is 5.30. The van der Waals surface area contributed by atoms with Crippen LogP contribution >= 0.6 is 0 Å². The van der Waals surface area contributed by atoms with E-state index in [2.05, 4.69) is 16.2 Å². The van der Waals surface area contributed by atoms with Crippen molar-refractivity contribution in [3.8, 4) is 5.69 Å². The van der Waals surface area contributed by atoms with E-state index in [0.29, 0.717) is 12.5 Å².